The highest BCUT2D eigenvalue weighted by Gasteiger charge is 2.38. The number of hydrogen-bond donors (Lipinski definition) is 2. The van der Waals surface area contributed by atoms with Gasteiger partial charge in [-0.1, -0.05) is 30.3 Å². The molecule has 0 bridgehead atoms. The maximum Gasteiger partial charge on any atom is 0.245 e. The Kier molecular flexibility index (Phi) is 7.03. The lowest BCUT2D eigenvalue weighted by molar-refractivity contribution is -0.145. The van der Waals surface area contributed by atoms with Gasteiger partial charge in [0.1, 0.15) is 6.04 Å². The number of hydrogen-bond acceptors (Lipinski definition) is 4. The number of rotatable bonds is 6. The molecule has 2 atom stereocenters. The van der Waals surface area contributed by atoms with E-state index < -0.39 is 6.04 Å². The number of nitrogens with zero attached hydrogens (tertiary/aromatic N) is 2. The van der Waals surface area contributed by atoms with Crippen LogP contribution in [0, 0.1) is 5.92 Å². The molecule has 0 aliphatic carbocycles. The number of likely N-dealkylation sites (tertiary alicyclic amines) is 2. The first-order valence-corrected chi connectivity index (χ1v) is 10.2. The molecule has 2 fully saturated rings. The molecule has 1 aromatic rings. The fourth-order valence-corrected chi connectivity index (χ4v) is 4.14. The summed E-state index contributed by atoms with van der Waals surface area (Å²) in [7, 11) is 0. The summed E-state index contributed by atoms with van der Waals surface area (Å²) in [4.78, 5) is 41.7. The van der Waals surface area contributed by atoms with Crippen LogP contribution in [0.15, 0.2) is 30.3 Å². The van der Waals surface area contributed by atoms with Gasteiger partial charge < -0.3 is 20.9 Å². The van der Waals surface area contributed by atoms with E-state index in [-0.39, 0.29) is 23.6 Å². The van der Waals surface area contributed by atoms with Crippen molar-refractivity contribution >= 4 is 17.7 Å². The van der Waals surface area contributed by atoms with Crippen LogP contribution in [0.25, 0.3) is 0 Å². The van der Waals surface area contributed by atoms with Crippen molar-refractivity contribution in [1.82, 2.24) is 15.1 Å². The van der Waals surface area contributed by atoms with Crippen molar-refractivity contribution in [3.8, 4) is 0 Å². The average Bonchev–Trinajstić information content (AvgIpc) is 3.22. The van der Waals surface area contributed by atoms with Crippen molar-refractivity contribution in [3.05, 3.63) is 35.9 Å². The number of piperidine rings is 1. The number of nitrogens with two attached hydrogens (primary N) is 1. The summed E-state index contributed by atoms with van der Waals surface area (Å²) in [5.41, 5.74) is 6.41. The van der Waals surface area contributed by atoms with E-state index in [1.807, 2.05) is 30.3 Å². The first kappa shape index (κ1) is 20.3. The van der Waals surface area contributed by atoms with Gasteiger partial charge in [-0.05, 0) is 31.2 Å². The van der Waals surface area contributed by atoms with E-state index in [0.29, 0.717) is 45.6 Å². The van der Waals surface area contributed by atoms with Crippen LogP contribution in [0.4, 0.5) is 0 Å². The largest absolute Gasteiger partial charge is 0.355 e. The Bertz CT molecular complexity index is 694. The molecule has 2 aliphatic heterocycles. The standard InChI is InChI=1S/C21H30N4O3/c22-10-11-23-20(27)17-8-4-12-24(15-17)21(28)18-9-5-13-25(18)19(26)14-16-6-2-1-3-7-16/h1-3,6-7,17-18H,4-5,8-15,22H2,(H,23,27). The highest BCUT2D eigenvalue weighted by molar-refractivity contribution is 5.89. The fraction of sp³-hybridized carbons (Fsp3) is 0.571. The second-order valence-electron chi connectivity index (χ2n) is 7.61. The van der Waals surface area contributed by atoms with E-state index in [4.69, 9.17) is 5.73 Å². The van der Waals surface area contributed by atoms with Crippen molar-refractivity contribution in [2.45, 2.75) is 38.1 Å². The Labute approximate surface area is 166 Å². The summed E-state index contributed by atoms with van der Waals surface area (Å²) >= 11 is 0. The molecule has 3 N–H and O–H groups in total. The molecule has 7 heteroatoms. The van der Waals surface area contributed by atoms with Gasteiger partial charge >= 0.3 is 0 Å². The highest BCUT2D eigenvalue weighted by Crippen LogP contribution is 2.24. The second-order valence-corrected chi connectivity index (χ2v) is 7.61. The Morgan fingerprint density at radius 2 is 1.82 bits per heavy atom. The third-order valence-corrected chi connectivity index (χ3v) is 5.60. The number of benzene rings is 1. The van der Waals surface area contributed by atoms with Gasteiger partial charge in [0.05, 0.1) is 12.3 Å². The molecule has 7 nitrogen and oxygen atoms in total. The van der Waals surface area contributed by atoms with Crippen molar-refractivity contribution < 1.29 is 14.4 Å². The van der Waals surface area contributed by atoms with Gasteiger partial charge in [0.2, 0.25) is 17.7 Å². The van der Waals surface area contributed by atoms with Crippen LogP contribution in [0.5, 0.6) is 0 Å². The van der Waals surface area contributed by atoms with Crippen molar-refractivity contribution in [1.29, 1.82) is 0 Å². The van der Waals surface area contributed by atoms with Gasteiger partial charge in [-0.3, -0.25) is 14.4 Å². The molecule has 3 rings (SSSR count). The SMILES string of the molecule is NCCNC(=O)C1CCCN(C(=O)C2CCCN2C(=O)Cc2ccccc2)C1. The minimum absolute atomic E-state index is 0.00343. The van der Waals surface area contributed by atoms with Crippen LogP contribution in [-0.2, 0) is 20.8 Å². The van der Waals surface area contributed by atoms with Crippen LogP contribution in [-0.4, -0.2) is 66.3 Å². The van der Waals surface area contributed by atoms with Gasteiger partial charge in [-0.15, -0.1) is 0 Å². The van der Waals surface area contributed by atoms with Gasteiger partial charge in [-0.25, -0.2) is 0 Å². The zero-order chi connectivity index (χ0) is 19.9. The van der Waals surface area contributed by atoms with Gasteiger partial charge in [0.15, 0.2) is 0 Å². The molecule has 2 unspecified atom stereocenters. The van der Waals surface area contributed by atoms with E-state index in [9.17, 15) is 14.4 Å². The number of amides is 3. The Balaban J connectivity index is 1.60. The van der Waals surface area contributed by atoms with E-state index in [1.54, 1.807) is 9.80 Å². The monoisotopic (exact) mass is 386 g/mol. The summed E-state index contributed by atoms with van der Waals surface area (Å²) in [5, 5.41) is 2.82. The summed E-state index contributed by atoms with van der Waals surface area (Å²) < 4.78 is 0. The third kappa shape index (κ3) is 4.90. The lowest BCUT2D eigenvalue weighted by atomic mass is 9.96. The van der Waals surface area contributed by atoms with Crippen molar-refractivity contribution in [2.24, 2.45) is 11.7 Å². The van der Waals surface area contributed by atoms with Crippen LogP contribution < -0.4 is 11.1 Å². The highest BCUT2D eigenvalue weighted by atomic mass is 16.2. The third-order valence-electron chi connectivity index (χ3n) is 5.60. The van der Waals surface area contributed by atoms with Crippen molar-refractivity contribution in [3.63, 3.8) is 0 Å². The van der Waals surface area contributed by atoms with Crippen LogP contribution in [0.1, 0.15) is 31.2 Å². The van der Waals surface area contributed by atoms with Crippen molar-refractivity contribution in [2.75, 3.05) is 32.7 Å². The molecule has 0 radical (unpaired) electrons. The lowest BCUT2D eigenvalue weighted by Gasteiger charge is -2.35. The van der Waals surface area contributed by atoms with Crippen LogP contribution in [0.2, 0.25) is 0 Å². The van der Waals surface area contributed by atoms with E-state index in [1.165, 1.54) is 0 Å². The Morgan fingerprint density at radius 3 is 2.57 bits per heavy atom. The molecule has 0 spiro atoms. The van der Waals surface area contributed by atoms with E-state index in [0.717, 1.165) is 24.8 Å². The minimum Gasteiger partial charge on any atom is -0.355 e. The molecule has 0 saturated carbocycles. The first-order valence-electron chi connectivity index (χ1n) is 10.2. The maximum atomic E-state index is 13.1. The fourth-order valence-electron chi connectivity index (χ4n) is 4.14. The molecule has 2 aliphatic rings. The quantitative estimate of drug-likeness (QED) is 0.746. The average molecular weight is 386 g/mol. The minimum atomic E-state index is -0.401. The number of nitrogens with one attached hydrogen (secondary N) is 1. The molecule has 28 heavy (non-hydrogen) atoms. The first-order chi connectivity index (χ1) is 13.6. The smallest absolute Gasteiger partial charge is 0.245 e. The predicted octanol–water partition coefficient (Wildman–Crippen LogP) is 0.534. The second kappa shape index (κ2) is 9.68. The predicted molar refractivity (Wildman–Crippen MR) is 106 cm³/mol. The maximum absolute atomic E-state index is 13.1. The summed E-state index contributed by atoms with van der Waals surface area (Å²) in [6.07, 6.45) is 3.43. The normalized spacial score (nSPS) is 22.2. The summed E-state index contributed by atoms with van der Waals surface area (Å²) in [5.74, 6) is -0.253. The zero-order valence-corrected chi connectivity index (χ0v) is 16.3. The lowest BCUT2D eigenvalue weighted by Crippen LogP contribution is -2.52. The number of carbonyl (C=O) groups is 3. The molecule has 152 valence electrons. The number of carbonyl (C=O) groups excluding carboxylic acids is 3. The van der Waals surface area contributed by atoms with Gasteiger partial charge in [0.25, 0.3) is 0 Å². The van der Waals surface area contributed by atoms with Crippen LogP contribution >= 0.6 is 0 Å². The summed E-state index contributed by atoms with van der Waals surface area (Å²) in [6, 6.07) is 9.21. The molecular weight excluding hydrogens is 356 g/mol. The molecular formula is C21H30N4O3. The molecule has 1 aromatic carbocycles. The van der Waals surface area contributed by atoms with Crippen LogP contribution in [0.3, 0.4) is 0 Å². The molecule has 0 aromatic heterocycles. The molecule has 2 heterocycles. The Hall–Kier alpha value is -2.41. The van der Waals surface area contributed by atoms with E-state index >= 15 is 0 Å². The molecule has 2 saturated heterocycles. The van der Waals surface area contributed by atoms with Gasteiger partial charge in [-0.2, -0.15) is 0 Å². The molecule has 3 amide bonds. The van der Waals surface area contributed by atoms with Gasteiger partial charge in [0, 0.05) is 32.7 Å². The topological polar surface area (TPSA) is 95.7 Å². The zero-order valence-electron chi connectivity index (χ0n) is 16.3. The van der Waals surface area contributed by atoms with E-state index in [2.05, 4.69) is 5.32 Å². The summed E-state index contributed by atoms with van der Waals surface area (Å²) in [6.45, 7) is 2.55. The Morgan fingerprint density at radius 1 is 1.07 bits per heavy atom.